The summed E-state index contributed by atoms with van der Waals surface area (Å²) >= 11 is 0. The molecule has 0 saturated heterocycles. The summed E-state index contributed by atoms with van der Waals surface area (Å²) in [5.41, 5.74) is 0.812. The Kier molecular flexibility index (Phi) is 6.08. The van der Waals surface area contributed by atoms with Crippen molar-refractivity contribution in [2.24, 2.45) is 4.99 Å². The summed E-state index contributed by atoms with van der Waals surface area (Å²) in [5, 5.41) is 6.38. The Balaban J connectivity index is 2.45. The van der Waals surface area contributed by atoms with Crippen molar-refractivity contribution in [2.75, 3.05) is 13.6 Å². The van der Waals surface area contributed by atoms with Crippen LogP contribution in [-0.4, -0.2) is 31.5 Å². The third-order valence-electron chi connectivity index (χ3n) is 2.58. The van der Waals surface area contributed by atoms with Gasteiger partial charge < -0.3 is 15.4 Å². The summed E-state index contributed by atoms with van der Waals surface area (Å²) in [6.45, 7) is 6.70. The summed E-state index contributed by atoms with van der Waals surface area (Å²) in [6.07, 6.45) is -3.99. The normalized spacial score (nSPS) is 13.0. The first-order valence-corrected chi connectivity index (χ1v) is 6.92. The zero-order valence-corrected chi connectivity index (χ0v) is 13.2. The van der Waals surface area contributed by atoms with Crippen molar-refractivity contribution in [3.05, 3.63) is 29.8 Å². The SMILES string of the molecule is CN=C(NCCc1ccc(OC(F)(F)F)cc1)NC(C)(C)C. The molecule has 4 nitrogen and oxygen atoms in total. The summed E-state index contributed by atoms with van der Waals surface area (Å²) < 4.78 is 40.0. The molecule has 0 saturated carbocycles. The van der Waals surface area contributed by atoms with Crippen LogP contribution in [0.15, 0.2) is 29.3 Å². The Morgan fingerprint density at radius 3 is 2.18 bits per heavy atom. The van der Waals surface area contributed by atoms with Gasteiger partial charge in [0.25, 0.3) is 0 Å². The summed E-state index contributed by atoms with van der Waals surface area (Å²) in [5.74, 6) is 0.471. The van der Waals surface area contributed by atoms with Crippen molar-refractivity contribution in [3.63, 3.8) is 0 Å². The van der Waals surface area contributed by atoms with Crippen molar-refractivity contribution in [1.82, 2.24) is 10.6 Å². The van der Waals surface area contributed by atoms with Gasteiger partial charge in [-0.2, -0.15) is 0 Å². The molecule has 0 atom stereocenters. The Morgan fingerprint density at radius 1 is 1.14 bits per heavy atom. The minimum absolute atomic E-state index is 0.0988. The highest BCUT2D eigenvalue weighted by Crippen LogP contribution is 2.22. The minimum Gasteiger partial charge on any atom is -0.406 e. The number of guanidine groups is 1. The highest BCUT2D eigenvalue weighted by atomic mass is 19.4. The fraction of sp³-hybridized carbons (Fsp3) is 0.533. The maximum absolute atomic E-state index is 12.1. The number of hydrogen-bond acceptors (Lipinski definition) is 2. The van der Waals surface area contributed by atoms with Gasteiger partial charge in [-0.05, 0) is 44.9 Å². The number of hydrogen-bond donors (Lipinski definition) is 2. The van der Waals surface area contributed by atoms with Crippen LogP contribution in [-0.2, 0) is 6.42 Å². The predicted octanol–water partition coefficient (Wildman–Crippen LogP) is 3.09. The number of nitrogens with zero attached hydrogens (tertiary/aromatic N) is 1. The van der Waals surface area contributed by atoms with Crippen LogP contribution in [0.4, 0.5) is 13.2 Å². The molecular formula is C15H22F3N3O. The van der Waals surface area contributed by atoms with Crippen molar-refractivity contribution < 1.29 is 17.9 Å². The van der Waals surface area contributed by atoms with Crippen molar-refractivity contribution in [3.8, 4) is 5.75 Å². The van der Waals surface area contributed by atoms with Crippen LogP contribution >= 0.6 is 0 Å². The highest BCUT2D eigenvalue weighted by molar-refractivity contribution is 5.80. The van der Waals surface area contributed by atoms with Crippen molar-refractivity contribution in [1.29, 1.82) is 0 Å². The number of aliphatic imine (C=N–C) groups is 1. The standard InChI is InChI=1S/C15H22F3N3O/c1-14(2,3)21-13(19-4)20-10-9-11-5-7-12(8-6-11)22-15(16,17)18/h5-8H,9-10H2,1-4H3,(H2,19,20,21). The van der Waals surface area contributed by atoms with Gasteiger partial charge in [0, 0.05) is 19.1 Å². The largest absolute Gasteiger partial charge is 0.573 e. The number of rotatable bonds is 4. The zero-order chi connectivity index (χ0) is 16.8. The average molecular weight is 317 g/mol. The van der Waals surface area contributed by atoms with E-state index in [9.17, 15) is 13.2 Å². The van der Waals surface area contributed by atoms with E-state index in [-0.39, 0.29) is 11.3 Å². The molecule has 0 aliphatic carbocycles. The van der Waals surface area contributed by atoms with E-state index < -0.39 is 6.36 Å². The molecule has 0 aliphatic rings. The van der Waals surface area contributed by atoms with Crippen LogP contribution in [0.3, 0.4) is 0 Å². The summed E-state index contributed by atoms with van der Waals surface area (Å²) in [4.78, 5) is 4.11. The van der Waals surface area contributed by atoms with E-state index in [1.165, 1.54) is 12.1 Å². The van der Waals surface area contributed by atoms with E-state index in [1.807, 2.05) is 20.8 Å². The molecule has 0 spiro atoms. The third kappa shape index (κ3) is 7.75. The molecule has 0 unspecified atom stereocenters. The first kappa shape index (κ1) is 18.1. The molecule has 0 amide bonds. The Labute approximate surface area is 128 Å². The number of halogens is 3. The van der Waals surface area contributed by atoms with E-state index in [0.717, 1.165) is 5.56 Å². The molecule has 2 N–H and O–H groups in total. The molecule has 1 aromatic rings. The monoisotopic (exact) mass is 317 g/mol. The van der Waals surface area contributed by atoms with Crippen molar-refractivity contribution >= 4 is 5.96 Å². The topological polar surface area (TPSA) is 45.7 Å². The second kappa shape index (κ2) is 7.38. The van der Waals surface area contributed by atoms with Gasteiger partial charge in [0.1, 0.15) is 5.75 Å². The molecule has 7 heteroatoms. The lowest BCUT2D eigenvalue weighted by molar-refractivity contribution is -0.274. The molecule has 0 aromatic heterocycles. The molecule has 0 aliphatic heterocycles. The lowest BCUT2D eigenvalue weighted by Crippen LogP contribution is -2.48. The first-order chi connectivity index (χ1) is 10.1. The fourth-order valence-electron chi connectivity index (χ4n) is 1.72. The van der Waals surface area contributed by atoms with Gasteiger partial charge >= 0.3 is 6.36 Å². The van der Waals surface area contributed by atoms with E-state index in [4.69, 9.17) is 0 Å². The summed E-state index contributed by atoms with van der Waals surface area (Å²) in [6, 6.07) is 5.85. The molecule has 0 fully saturated rings. The van der Waals surface area contributed by atoms with Crippen LogP contribution in [0.25, 0.3) is 0 Å². The second-order valence-corrected chi connectivity index (χ2v) is 5.82. The molecular weight excluding hydrogens is 295 g/mol. The molecule has 124 valence electrons. The Hall–Kier alpha value is -1.92. The maximum Gasteiger partial charge on any atom is 0.573 e. The molecule has 22 heavy (non-hydrogen) atoms. The molecule has 0 heterocycles. The quantitative estimate of drug-likeness (QED) is 0.662. The first-order valence-electron chi connectivity index (χ1n) is 6.92. The van der Waals surface area contributed by atoms with Gasteiger partial charge in [0.15, 0.2) is 5.96 Å². The average Bonchev–Trinajstić information content (AvgIpc) is 2.36. The number of benzene rings is 1. The number of alkyl halides is 3. The molecule has 0 radical (unpaired) electrons. The third-order valence-corrected chi connectivity index (χ3v) is 2.58. The van der Waals surface area contributed by atoms with Crippen LogP contribution in [0.2, 0.25) is 0 Å². The fourth-order valence-corrected chi connectivity index (χ4v) is 1.72. The van der Waals surface area contributed by atoms with Gasteiger partial charge in [-0.25, -0.2) is 0 Å². The molecule has 0 bridgehead atoms. The van der Waals surface area contributed by atoms with Crippen LogP contribution < -0.4 is 15.4 Å². The lowest BCUT2D eigenvalue weighted by Gasteiger charge is -2.23. The summed E-state index contributed by atoms with van der Waals surface area (Å²) in [7, 11) is 1.68. The Morgan fingerprint density at radius 2 is 1.73 bits per heavy atom. The lowest BCUT2D eigenvalue weighted by atomic mass is 10.1. The molecule has 1 aromatic carbocycles. The van der Waals surface area contributed by atoms with E-state index >= 15 is 0 Å². The van der Waals surface area contributed by atoms with Gasteiger partial charge in [0.2, 0.25) is 0 Å². The van der Waals surface area contributed by atoms with Gasteiger partial charge in [0.05, 0.1) is 0 Å². The number of nitrogens with one attached hydrogen (secondary N) is 2. The predicted molar refractivity (Wildman–Crippen MR) is 81.1 cm³/mol. The number of ether oxygens (including phenoxy) is 1. The zero-order valence-electron chi connectivity index (χ0n) is 13.2. The maximum atomic E-state index is 12.1. The highest BCUT2D eigenvalue weighted by Gasteiger charge is 2.30. The van der Waals surface area contributed by atoms with E-state index in [1.54, 1.807) is 19.2 Å². The molecule has 1 rings (SSSR count). The van der Waals surface area contributed by atoms with Crippen molar-refractivity contribution in [2.45, 2.75) is 39.1 Å². The smallest absolute Gasteiger partial charge is 0.406 e. The van der Waals surface area contributed by atoms with E-state index in [0.29, 0.717) is 18.9 Å². The second-order valence-electron chi connectivity index (χ2n) is 5.82. The van der Waals surface area contributed by atoms with Gasteiger partial charge in [-0.15, -0.1) is 13.2 Å². The Bertz CT molecular complexity index is 490. The minimum atomic E-state index is -4.66. The van der Waals surface area contributed by atoms with E-state index in [2.05, 4.69) is 20.4 Å². The van der Waals surface area contributed by atoms with Crippen LogP contribution in [0.1, 0.15) is 26.3 Å². The van der Waals surface area contributed by atoms with Gasteiger partial charge in [-0.3, -0.25) is 4.99 Å². The van der Waals surface area contributed by atoms with Crippen LogP contribution in [0.5, 0.6) is 5.75 Å². The van der Waals surface area contributed by atoms with Crippen LogP contribution in [0, 0.1) is 0 Å². The van der Waals surface area contributed by atoms with Gasteiger partial charge in [-0.1, -0.05) is 12.1 Å².